The fraction of sp³-hybridized carbons (Fsp3) is 0.700. The van der Waals surface area contributed by atoms with Crippen LogP contribution >= 0.6 is 11.3 Å². The lowest BCUT2D eigenvalue weighted by atomic mass is 9.71. The van der Waals surface area contributed by atoms with Gasteiger partial charge in [0, 0.05) is 19.5 Å². The SMILES string of the molecule is CC(C)(C)OC(=O)NCC1(CC(=O)NC[C@H](O)c2ccsc2)CCCCC1. The number of alkyl carbamates (subject to hydrolysis) is 1. The molecular formula is C20H32N2O4S. The molecule has 3 N–H and O–H groups in total. The van der Waals surface area contributed by atoms with E-state index in [-0.39, 0.29) is 17.9 Å². The fourth-order valence-electron chi connectivity index (χ4n) is 3.49. The van der Waals surface area contributed by atoms with Crippen LogP contribution in [0.3, 0.4) is 0 Å². The van der Waals surface area contributed by atoms with Crippen LogP contribution in [0.2, 0.25) is 0 Å². The molecular weight excluding hydrogens is 364 g/mol. The summed E-state index contributed by atoms with van der Waals surface area (Å²) in [7, 11) is 0. The number of ether oxygens (including phenoxy) is 1. The second-order valence-electron chi connectivity index (χ2n) is 8.47. The molecule has 152 valence electrons. The van der Waals surface area contributed by atoms with Crippen molar-refractivity contribution in [1.82, 2.24) is 10.6 Å². The van der Waals surface area contributed by atoms with Crippen molar-refractivity contribution in [3.8, 4) is 0 Å². The molecule has 1 aliphatic rings. The number of aliphatic hydroxyl groups is 1. The lowest BCUT2D eigenvalue weighted by Crippen LogP contribution is -2.44. The Balaban J connectivity index is 1.86. The first-order valence-electron chi connectivity index (χ1n) is 9.63. The van der Waals surface area contributed by atoms with Gasteiger partial charge in [0.2, 0.25) is 5.91 Å². The molecule has 6 nitrogen and oxygen atoms in total. The number of rotatable bonds is 7. The minimum atomic E-state index is -0.692. The summed E-state index contributed by atoms with van der Waals surface area (Å²) >= 11 is 1.52. The van der Waals surface area contributed by atoms with Crippen molar-refractivity contribution >= 4 is 23.3 Å². The maximum absolute atomic E-state index is 12.5. The van der Waals surface area contributed by atoms with Gasteiger partial charge < -0.3 is 20.5 Å². The van der Waals surface area contributed by atoms with E-state index in [2.05, 4.69) is 10.6 Å². The van der Waals surface area contributed by atoms with Gasteiger partial charge in [0.05, 0.1) is 6.10 Å². The predicted octanol–water partition coefficient (Wildman–Crippen LogP) is 3.76. The second kappa shape index (κ2) is 9.55. The van der Waals surface area contributed by atoms with E-state index in [1.807, 2.05) is 37.6 Å². The van der Waals surface area contributed by atoms with Gasteiger partial charge >= 0.3 is 6.09 Å². The Hall–Kier alpha value is -1.60. The van der Waals surface area contributed by atoms with Gasteiger partial charge in [0.25, 0.3) is 0 Å². The maximum atomic E-state index is 12.5. The Kier molecular flexibility index (Phi) is 7.68. The van der Waals surface area contributed by atoms with Gasteiger partial charge in [-0.1, -0.05) is 19.3 Å². The average molecular weight is 397 g/mol. The molecule has 0 spiro atoms. The Labute approximate surface area is 165 Å². The van der Waals surface area contributed by atoms with Crippen molar-refractivity contribution in [1.29, 1.82) is 0 Å². The van der Waals surface area contributed by atoms with Crippen molar-refractivity contribution in [3.05, 3.63) is 22.4 Å². The third-order valence-electron chi connectivity index (χ3n) is 4.88. The largest absolute Gasteiger partial charge is 0.444 e. The summed E-state index contributed by atoms with van der Waals surface area (Å²) < 4.78 is 5.32. The number of carbonyl (C=O) groups excluding carboxylic acids is 2. The highest BCUT2D eigenvalue weighted by Gasteiger charge is 2.35. The highest BCUT2D eigenvalue weighted by atomic mass is 32.1. The summed E-state index contributed by atoms with van der Waals surface area (Å²) in [5.74, 6) is -0.0860. The molecule has 1 aromatic rings. The number of carbonyl (C=O) groups is 2. The van der Waals surface area contributed by atoms with E-state index in [9.17, 15) is 14.7 Å². The molecule has 27 heavy (non-hydrogen) atoms. The van der Waals surface area contributed by atoms with Gasteiger partial charge in [-0.2, -0.15) is 11.3 Å². The first-order valence-corrected chi connectivity index (χ1v) is 10.6. The Bertz CT molecular complexity index is 604. The standard InChI is InChI=1S/C20H32N2O4S/c1-19(2,3)26-18(25)22-14-20(8-5-4-6-9-20)11-17(24)21-12-16(23)15-7-10-27-13-15/h7,10,13,16,23H,4-6,8-9,11-12,14H2,1-3H3,(H,21,24)(H,22,25)/t16-/m0/s1. The molecule has 1 heterocycles. The van der Waals surface area contributed by atoms with Gasteiger partial charge in [0.1, 0.15) is 5.60 Å². The zero-order valence-electron chi connectivity index (χ0n) is 16.5. The highest BCUT2D eigenvalue weighted by Crippen LogP contribution is 2.39. The van der Waals surface area contributed by atoms with Crippen LogP contribution in [0.1, 0.15) is 71.0 Å². The quantitative estimate of drug-likeness (QED) is 0.655. The topological polar surface area (TPSA) is 87.7 Å². The molecule has 0 saturated heterocycles. The van der Waals surface area contributed by atoms with Crippen molar-refractivity contribution in [2.24, 2.45) is 5.41 Å². The van der Waals surface area contributed by atoms with Crippen LogP contribution in [0.15, 0.2) is 16.8 Å². The van der Waals surface area contributed by atoms with Crippen LogP contribution in [0.4, 0.5) is 4.79 Å². The van der Waals surface area contributed by atoms with Crippen molar-refractivity contribution in [2.75, 3.05) is 13.1 Å². The monoisotopic (exact) mass is 396 g/mol. The molecule has 2 amide bonds. The number of aliphatic hydroxyl groups excluding tert-OH is 1. The van der Waals surface area contributed by atoms with Crippen LogP contribution < -0.4 is 10.6 Å². The number of nitrogens with one attached hydrogen (secondary N) is 2. The minimum absolute atomic E-state index is 0.0860. The Morgan fingerprint density at radius 2 is 1.96 bits per heavy atom. The van der Waals surface area contributed by atoms with Crippen molar-refractivity contribution in [2.45, 2.75) is 71.0 Å². The zero-order chi connectivity index (χ0) is 19.9. The van der Waals surface area contributed by atoms with E-state index in [1.165, 1.54) is 11.3 Å². The highest BCUT2D eigenvalue weighted by molar-refractivity contribution is 7.07. The summed E-state index contributed by atoms with van der Waals surface area (Å²) in [5, 5.41) is 19.6. The van der Waals surface area contributed by atoms with Gasteiger partial charge in [-0.3, -0.25) is 4.79 Å². The summed E-state index contributed by atoms with van der Waals surface area (Å²) in [6.45, 7) is 6.12. The summed E-state index contributed by atoms with van der Waals surface area (Å²) in [6.07, 6.45) is 4.29. The van der Waals surface area contributed by atoms with E-state index in [0.717, 1.165) is 37.7 Å². The van der Waals surface area contributed by atoms with E-state index >= 15 is 0 Å². The molecule has 1 saturated carbocycles. The number of hydrogen-bond donors (Lipinski definition) is 3. The molecule has 0 bridgehead atoms. The minimum Gasteiger partial charge on any atom is -0.444 e. The van der Waals surface area contributed by atoms with Gasteiger partial charge in [-0.15, -0.1) is 0 Å². The molecule has 1 atom stereocenters. The maximum Gasteiger partial charge on any atom is 0.407 e. The van der Waals surface area contributed by atoms with E-state index < -0.39 is 17.8 Å². The Morgan fingerprint density at radius 1 is 1.26 bits per heavy atom. The van der Waals surface area contributed by atoms with Crippen molar-refractivity contribution in [3.63, 3.8) is 0 Å². The molecule has 0 radical (unpaired) electrons. The van der Waals surface area contributed by atoms with E-state index in [4.69, 9.17) is 4.74 Å². The molecule has 1 aliphatic carbocycles. The molecule has 0 aromatic carbocycles. The zero-order valence-corrected chi connectivity index (χ0v) is 17.4. The van der Waals surface area contributed by atoms with Crippen LogP contribution in [0, 0.1) is 5.41 Å². The number of amides is 2. The fourth-order valence-corrected chi connectivity index (χ4v) is 4.19. The van der Waals surface area contributed by atoms with Crippen LogP contribution in [0.25, 0.3) is 0 Å². The normalized spacial score (nSPS) is 17.8. The van der Waals surface area contributed by atoms with E-state index in [1.54, 1.807) is 0 Å². The molecule has 0 aliphatic heterocycles. The molecule has 1 fully saturated rings. The van der Waals surface area contributed by atoms with Gasteiger partial charge in [-0.25, -0.2) is 4.79 Å². The van der Waals surface area contributed by atoms with Crippen molar-refractivity contribution < 1.29 is 19.4 Å². The summed E-state index contributed by atoms with van der Waals surface area (Å²) in [5.41, 5.74) is 0.0326. The average Bonchev–Trinajstić information content (AvgIpc) is 3.12. The van der Waals surface area contributed by atoms with Crippen LogP contribution in [0.5, 0.6) is 0 Å². The third-order valence-corrected chi connectivity index (χ3v) is 5.58. The van der Waals surface area contributed by atoms with Crippen LogP contribution in [-0.4, -0.2) is 35.8 Å². The summed E-state index contributed by atoms with van der Waals surface area (Å²) in [6, 6.07) is 1.86. The molecule has 2 rings (SSSR count). The lowest BCUT2D eigenvalue weighted by molar-refractivity contribution is -0.124. The van der Waals surface area contributed by atoms with Crippen LogP contribution in [-0.2, 0) is 9.53 Å². The number of thiophene rings is 1. The first kappa shape index (κ1) is 21.7. The van der Waals surface area contributed by atoms with E-state index in [0.29, 0.717) is 13.0 Å². The Morgan fingerprint density at radius 3 is 2.56 bits per heavy atom. The smallest absolute Gasteiger partial charge is 0.407 e. The predicted molar refractivity (Wildman–Crippen MR) is 107 cm³/mol. The molecule has 1 aromatic heterocycles. The first-order chi connectivity index (χ1) is 12.7. The molecule has 7 heteroatoms. The third kappa shape index (κ3) is 7.50. The summed E-state index contributed by atoms with van der Waals surface area (Å²) in [4.78, 5) is 24.5. The van der Waals surface area contributed by atoms with Gasteiger partial charge in [0.15, 0.2) is 0 Å². The number of hydrogen-bond acceptors (Lipinski definition) is 5. The molecule has 0 unspecified atom stereocenters. The lowest BCUT2D eigenvalue weighted by Gasteiger charge is -2.37. The van der Waals surface area contributed by atoms with Gasteiger partial charge in [-0.05, 0) is 61.4 Å². The second-order valence-corrected chi connectivity index (χ2v) is 9.25.